The quantitative estimate of drug-likeness (QED) is 0.296. The zero-order valence-corrected chi connectivity index (χ0v) is 32.3. The summed E-state index contributed by atoms with van der Waals surface area (Å²) >= 11 is 0. The van der Waals surface area contributed by atoms with Crippen LogP contribution >= 0.6 is 0 Å². The van der Waals surface area contributed by atoms with Crippen LogP contribution in [-0.4, -0.2) is 121 Å². The number of ether oxygens (including phenoxy) is 8. The summed E-state index contributed by atoms with van der Waals surface area (Å²) in [7, 11) is 3.02. The van der Waals surface area contributed by atoms with Crippen LogP contribution in [0.2, 0.25) is 0 Å². The Balaban J connectivity index is 1.07. The Kier molecular flexibility index (Phi) is 10.4. The minimum Gasteiger partial charge on any atom is -0.507 e. The van der Waals surface area contributed by atoms with Crippen LogP contribution in [-0.2, 0) is 49.2 Å². The molecule has 0 bridgehead atoms. The molecule has 4 aliphatic heterocycles. The van der Waals surface area contributed by atoms with Crippen molar-refractivity contribution in [2.75, 3.05) is 14.2 Å². The lowest BCUT2D eigenvalue weighted by Crippen LogP contribution is -2.62. The molecule has 2 aromatic carbocycles. The highest BCUT2D eigenvalue weighted by Gasteiger charge is 2.52. The Morgan fingerprint density at radius 1 is 0.946 bits per heavy atom. The topological polar surface area (TPSA) is 195 Å². The summed E-state index contributed by atoms with van der Waals surface area (Å²) in [4.78, 5) is 54.1. The number of aliphatic hydroxyl groups is 1. The van der Waals surface area contributed by atoms with E-state index in [0.29, 0.717) is 17.5 Å². The molecule has 13 atom stereocenters. The molecule has 56 heavy (non-hydrogen) atoms. The molecule has 6 aliphatic rings. The molecular formula is C41H49NO14. The van der Waals surface area contributed by atoms with Gasteiger partial charge in [0.2, 0.25) is 12.1 Å². The monoisotopic (exact) mass is 779 g/mol. The van der Waals surface area contributed by atoms with Gasteiger partial charge in [-0.1, -0.05) is 19.1 Å². The number of ketones is 3. The number of hydrogen-bond donors (Lipinski definition) is 3. The van der Waals surface area contributed by atoms with Crippen molar-refractivity contribution < 1.29 is 67.3 Å². The van der Waals surface area contributed by atoms with Gasteiger partial charge < -0.3 is 53.4 Å². The van der Waals surface area contributed by atoms with E-state index in [1.54, 1.807) is 20.9 Å². The van der Waals surface area contributed by atoms with E-state index < -0.39 is 90.7 Å². The number of likely N-dealkylation sites (N-methyl/N-ethyl adjacent to an activating group) is 1. The first kappa shape index (κ1) is 39.0. The molecule has 0 spiro atoms. The number of nitrogens with one attached hydrogen (secondary N) is 1. The molecule has 15 heteroatoms. The first-order chi connectivity index (χ1) is 26.8. The number of aromatic hydroxyl groups is 1. The van der Waals surface area contributed by atoms with Crippen LogP contribution in [0.4, 0.5) is 0 Å². The Bertz CT molecular complexity index is 1930. The predicted octanol–water partition coefficient (Wildman–Crippen LogP) is 2.99. The number of methoxy groups -OCH3 is 1. The molecule has 4 saturated heterocycles. The SMILES string of the molecule is CCC1(O)CCc2c(cc3c(c2OC2CC(NC)C(OC4CC5OC6CC(=O)C(C)OC6OC5C(C)O4)C(C)O2)C(=O)c2c(O)cccc2C3=O)C1C(=O)OC. The van der Waals surface area contributed by atoms with E-state index in [9.17, 15) is 29.4 Å². The fourth-order valence-corrected chi connectivity index (χ4v) is 9.39. The molecule has 2 aromatic rings. The lowest BCUT2D eigenvalue weighted by atomic mass is 9.68. The first-order valence-electron chi connectivity index (χ1n) is 19.5. The fraction of sp³-hybridized carbons (Fsp3) is 0.610. The van der Waals surface area contributed by atoms with E-state index in [2.05, 4.69) is 5.32 Å². The maximum Gasteiger partial charge on any atom is 0.316 e. The number of benzene rings is 2. The fourth-order valence-electron chi connectivity index (χ4n) is 9.39. The van der Waals surface area contributed by atoms with E-state index in [1.807, 2.05) is 13.8 Å². The molecule has 3 N–H and O–H groups in total. The molecular weight excluding hydrogens is 730 g/mol. The van der Waals surface area contributed by atoms with Gasteiger partial charge in [-0.2, -0.15) is 0 Å². The molecule has 0 saturated carbocycles. The van der Waals surface area contributed by atoms with E-state index in [-0.39, 0.29) is 77.7 Å². The van der Waals surface area contributed by atoms with Crippen molar-refractivity contribution in [2.24, 2.45) is 0 Å². The van der Waals surface area contributed by atoms with Crippen LogP contribution < -0.4 is 10.1 Å². The average Bonchev–Trinajstić information content (AvgIpc) is 3.17. The molecule has 2 aliphatic carbocycles. The molecule has 8 rings (SSSR count). The Labute approximate surface area is 324 Å². The minimum absolute atomic E-state index is 0.00730. The number of esters is 1. The van der Waals surface area contributed by atoms with Gasteiger partial charge in [-0.15, -0.1) is 0 Å². The third-order valence-electron chi connectivity index (χ3n) is 12.5. The third-order valence-corrected chi connectivity index (χ3v) is 12.5. The van der Waals surface area contributed by atoms with Gasteiger partial charge in [0.1, 0.15) is 41.8 Å². The molecule has 0 aromatic heterocycles. The van der Waals surface area contributed by atoms with Gasteiger partial charge in [0, 0.05) is 36.4 Å². The summed E-state index contributed by atoms with van der Waals surface area (Å²) in [5, 5.41) is 25.8. The number of phenols is 1. The summed E-state index contributed by atoms with van der Waals surface area (Å²) in [6, 6.07) is 5.45. The summed E-state index contributed by atoms with van der Waals surface area (Å²) in [6.07, 6.45) is -4.27. The predicted molar refractivity (Wildman–Crippen MR) is 193 cm³/mol. The second kappa shape index (κ2) is 14.9. The molecule has 0 amide bonds. The number of Topliss-reactive ketones (excluding diaryl/α,β-unsaturated/α-hetero) is 1. The maximum absolute atomic E-state index is 14.3. The number of hydrogen-bond acceptors (Lipinski definition) is 15. The van der Waals surface area contributed by atoms with Gasteiger partial charge in [-0.3, -0.25) is 19.2 Å². The van der Waals surface area contributed by atoms with Crippen molar-refractivity contribution >= 4 is 23.3 Å². The third kappa shape index (κ3) is 6.46. The van der Waals surface area contributed by atoms with Crippen molar-refractivity contribution in [1.82, 2.24) is 5.32 Å². The van der Waals surface area contributed by atoms with Crippen LogP contribution in [0, 0.1) is 0 Å². The maximum atomic E-state index is 14.3. The van der Waals surface area contributed by atoms with Crippen LogP contribution in [0.25, 0.3) is 0 Å². The molecule has 13 unspecified atom stereocenters. The van der Waals surface area contributed by atoms with Gasteiger partial charge in [0.05, 0.1) is 42.1 Å². The molecule has 4 heterocycles. The largest absolute Gasteiger partial charge is 0.507 e. The summed E-state index contributed by atoms with van der Waals surface area (Å²) in [5.41, 5.74) is -0.829. The van der Waals surface area contributed by atoms with Gasteiger partial charge in [0.15, 0.2) is 24.1 Å². The second-order valence-corrected chi connectivity index (χ2v) is 15.7. The van der Waals surface area contributed by atoms with Crippen LogP contribution in [0.15, 0.2) is 24.3 Å². The van der Waals surface area contributed by atoms with E-state index in [1.165, 1.54) is 31.4 Å². The smallest absolute Gasteiger partial charge is 0.316 e. The Hall–Kier alpha value is -3.80. The number of fused-ring (bicyclic) bond motifs is 5. The van der Waals surface area contributed by atoms with Gasteiger partial charge in [0.25, 0.3) is 0 Å². The number of rotatable bonds is 7. The number of phenolic OH excluding ortho intramolecular Hbond substituents is 1. The van der Waals surface area contributed by atoms with E-state index in [0.717, 1.165) is 0 Å². The molecule has 0 radical (unpaired) electrons. The van der Waals surface area contributed by atoms with E-state index >= 15 is 0 Å². The van der Waals surface area contributed by atoms with Gasteiger partial charge in [-0.25, -0.2) is 0 Å². The highest BCUT2D eigenvalue weighted by Crippen LogP contribution is 2.50. The Morgan fingerprint density at radius 2 is 1.71 bits per heavy atom. The molecule has 4 fully saturated rings. The first-order valence-corrected chi connectivity index (χ1v) is 19.5. The Morgan fingerprint density at radius 3 is 2.45 bits per heavy atom. The van der Waals surface area contributed by atoms with Crippen molar-refractivity contribution in [2.45, 2.75) is 145 Å². The molecule has 15 nitrogen and oxygen atoms in total. The van der Waals surface area contributed by atoms with E-state index in [4.69, 9.17) is 37.9 Å². The van der Waals surface area contributed by atoms with Crippen molar-refractivity contribution in [3.63, 3.8) is 0 Å². The van der Waals surface area contributed by atoms with Crippen LogP contribution in [0.1, 0.15) is 109 Å². The summed E-state index contributed by atoms with van der Waals surface area (Å²) in [5.74, 6) is -3.30. The summed E-state index contributed by atoms with van der Waals surface area (Å²) < 4.78 is 49.5. The van der Waals surface area contributed by atoms with Crippen LogP contribution in [0.5, 0.6) is 11.5 Å². The zero-order valence-electron chi connectivity index (χ0n) is 32.3. The number of carbonyl (C=O) groups excluding carboxylic acids is 4. The van der Waals surface area contributed by atoms with Gasteiger partial charge in [-0.05, 0) is 70.3 Å². The molecule has 302 valence electrons. The zero-order chi connectivity index (χ0) is 39.8. The lowest BCUT2D eigenvalue weighted by molar-refractivity contribution is -0.369. The lowest BCUT2D eigenvalue weighted by Gasteiger charge is -2.50. The standard InChI is InChI=1S/C41H49NO14/c1-7-41(48)12-11-20-22(33(41)39(47)49-6)13-23-32(35(46)31-21(34(23)45)9-8-10-25(31)43)38(20)55-29-14-24(42-5)36(18(3)50-29)54-30-16-27-37(19(4)51-30)56-40-28(53-27)15-26(44)17(2)52-40/h8-10,13,17-19,24,27-30,33,36-37,40,42-43,48H,7,11-12,14-16H2,1-6H3. The highest BCUT2D eigenvalue weighted by atomic mass is 16.8. The van der Waals surface area contributed by atoms with Gasteiger partial charge >= 0.3 is 5.97 Å². The second-order valence-electron chi connectivity index (χ2n) is 15.7. The highest BCUT2D eigenvalue weighted by molar-refractivity contribution is 6.30. The van der Waals surface area contributed by atoms with Crippen molar-refractivity contribution in [3.05, 3.63) is 57.6 Å². The summed E-state index contributed by atoms with van der Waals surface area (Å²) in [6.45, 7) is 7.20. The van der Waals surface area contributed by atoms with Crippen molar-refractivity contribution in [1.29, 1.82) is 0 Å². The van der Waals surface area contributed by atoms with Crippen molar-refractivity contribution in [3.8, 4) is 11.5 Å². The minimum atomic E-state index is -1.48. The number of carbonyl (C=O) groups is 4. The van der Waals surface area contributed by atoms with Crippen LogP contribution in [0.3, 0.4) is 0 Å². The normalized spacial score (nSPS) is 37.7. The average molecular weight is 780 g/mol.